The van der Waals surface area contributed by atoms with E-state index in [4.69, 9.17) is 15.2 Å². The van der Waals surface area contributed by atoms with Crippen molar-refractivity contribution in [2.24, 2.45) is 0 Å². The van der Waals surface area contributed by atoms with Crippen molar-refractivity contribution < 1.29 is 14.3 Å². The lowest BCUT2D eigenvalue weighted by Gasteiger charge is -2.29. The number of nitrogens with zero attached hydrogens (tertiary/aromatic N) is 1. The molecule has 0 saturated carbocycles. The minimum Gasteiger partial charge on any atom is -0.493 e. The smallest absolute Gasteiger partial charge is 0.410 e. The largest absolute Gasteiger partial charge is 0.493 e. The SMILES string of the molecule is CCCCOc1ccc(N)c(N[C@@H]2CCCCN(C(=O)OC(C)(C)C)C2)c1CI. The molecule has 0 radical (unpaired) electrons. The molecule has 6 nitrogen and oxygen atoms in total. The second-order valence-corrected chi connectivity index (χ2v) is 9.37. The highest BCUT2D eigenvalue weighted by Gasteiger charge is 2.27. The molecule has 1 aromatic rings. The fourth-order valence-corrected chi connectivity index (χ4v) is 4.13. The third kappa shape index (κ3) is 7.42. The maximum atomic E-state index is 12.6. The first-order valence-electron chi connectivity index (χ1n) is 10.6. The monoisotopic (exact) mass is 517 g/mol. The molecule has 0 unspecified atom stereocenters. The van der Waals surface area contributed by atoms with Crippen LogP contribution in [0.15, 0.2) is 12.1 Å². The number of hydrogen-bond donors (Lipinski definition) is 2. The van der Waals surface area contributed by atoms with Crippen molar-refractivity contribution in [2.75, 3.05) is 30.7 Å². The normalized spacial score (nSPS) is 17.6. The molecule has 0 bridgehead atoms. The second kappa shape index (κ2) is 11.1. The van der Waals surface area contributed by atoms with Crippen molar-refractivity contribution in [3.05, 3.63) is 17.7 Å². The van der Waals surface area contributed by atoms with Gasteiger partial charge in [0.2, 0.25) is 0 Å². The fourth-order valence-electron chi connectivity index (χ4n) is 3.37. The van der Waals surface area contributed by atoms with Gasteiger partial charge in [0, 0.05) is 29.1 Å². The van der Waals surface area contributed by atoms with Crippen LogP contribution in [0.5, 0.6) is 5.75 Å². The molecule has 1 atom stereocenters. The Balaban J connectivity index is 2.16. The van der Waals surface area contributed by atoms with E-state index >= 15 is 0 Å². The van der Waals surface area contributed by atoms with E-state index in [-0.39, 0.29) is 12.1 Å². The third-order valence-electron chi connectivity index (χ3n) is 4.86. The van der Waals surface area contributed by atoms with E-state index in [2.05, 4.69) is 34.8 Å². The Kier molecular flexibility index (Phi) is 9.17. The molecule has 1 aromatic carbocycles. The van der Waals surface area contributed by atoms with E-state index in [1.807, 2.05) is 37.8 Å². The number of nitrogens with two attached hydrogens (primary N) is 1. The van der Waals surface area contributed by atoms with Crippen LogP contribution in [0, 0.1) is 0 Å². The molecule has 1 aliphatic rings. The van der Waals surface area contributed by atoms with E-state index in [9.17, 15) is 4.79 Å². The summed E-state index contributed by atoms with van der Waals surface area (Å²) in [6, 6.07) is 3.99. The number of nitrogen functional groups attached to an aromatic ring is 1. The Morgan fingerprint density at radius 1 is 1.34 bits per heavy atom. The Morgan fingerprint density at radius 2 is 2.10 bits per heavy atom. The summed E-state index contributed by atoms with van der Waals surface area (Å²) < 4.78 is 12.4. The zero-order chi connectivity index (χ0) is 21.4. The average Bonchev–Trinajstić information content (AvgIpc) is 2.89. The number of nitrogens with one attached hydrogen (secondary N) is 1. The molecule has 7 heteroatoms. The Morgan fingerprint density at radius 3 is 2.76 bits per heavy atom. The standard InChI is InChI=1S/C22H36IN3O3/c1-5-6-13-28-19-11-10-18(24)20(17(19)14-23)25-16-9-7-8-12-26(15-16)21(27)29-22(2,3)4/h10-11,16,25H,5-9,12-15,24H2,1-4H3/t16-/m1/s1. The van der Waals surface area contributed by atoms with Crippen LogP contribution in [0.1, 0.15) is 65.4 Å². The number of ether oxygens (including phenoxy) is 2. The predicted octanol–water partition coefficient (Wildman–Crippen LogP) is 5.58. The zero-order valence-corrected chi connectivity index (χ0v) is 20.4. The number of benzene rings is 1. The maximum absolute atomic E-state index is 12.6. The van der Waals surface area contributed by atoms with E-state index in [0.717, 1.165) is 60.1 Å². The molecule has 1 aliphatic heterocycles. The molecular formula is C22H36IN3O3. The highest BCUT2D eigenvalue weighted by Crippen LogP contribution is 2.35. The van der Waals surface area contributed by atoms with Gasteiger partial charge in [0.25, 0.3) is 0 Å². The Bertz CT molecular complexity index is 676. The predicted molar refractivity (Wildman–Crippen MR) is 128 cm³/mol. The quantitative estimate of drug-likeness (QED) is 0.214. The van der Waals surface area contributed by atoms with Gasteiger partial charge in [-0.2, -0.15) is 0 Å². The van der Waals surface area contributed by atoms with Crippen molar-refractivity contribution in [3.8, 4) is 5.75 Å². The molecule has 2 rings (SSSR count). The first-order chi connectivity index (χ1) is 13.7. The van der Waals surface area contributed by atoms with Crippen LogP contribution in [-0.4, -0.2) is 42.3 Å². The summed E-state index contributed by atoms with van der Waals surface area (Å²) in [4.78, 5) is 14.4. The first-order valence-corrected chi connectivity index (χ1v) is 12.1. The molecule has 0 aromatic heterocycles. The van der Waals surface area contributed by atoms with Gasteiger partial charge in [-0.25, -0.2) is 4.79 Å². The number of halogens is 1. The summed E-state index contributed by atoms with van der Waals surface area (Å²) >= 11 is 2.35. The van der Waals surface area contributed by atoms with Crippen LogP contribution in [0.2, 0.25) is 0 Å². The second-order valence-electron chi connectivity index (χ2n) is 8.61. The van der Waals surface area contributed by atoms with Crippen LogP contribution < -0.4 is 15.8 Å². The lowest BCUT2D eigenvalue weighted by Crippen LogP contribution is -2.42. The molecule has 0 aliphatic carbocycles. The minimum atomic E-state index is -0.491. The molecule has 1 fully saturated rings. The van der Waals surface area contributed by atoms with Crippen LogP contribution in [0.3, 0.4) is 0 Å². The lowest BCUT2D eigenvalue weighted by molar-refractivity contribution is 0.0252. The van der Waals surface area contributed by atoms with Crippen LogP contribution in [0.25, 0.3) is 0 Å². The topological polar surface area (TPSA) is 76.8 Å². The number of unbranched alkanes of at least 4 members (excludes halogenated alkanes) is 1. The van der Waals surface area contributed by atoms with Gasteiger partial charge in [-0.3, -0.25) is 0 Å². The van der Waals surface area contributed by atoms with Gasteiger partial charge in [0.15, 0.2) is 0 Å². The van der Waals surface area contributed by atoms with Gasteiger partial charge in [0.05, 0.1) is 18.0 Å². The highest BCUT2D eigenvalue weighted by molar-refractivity contribution is 14.1. The van der Waals surface area contributed by atoms with Crippen LogP contribution in [0.4, 0.5) is 16.2 Å². The van der Waals surface area contributed by atoms with Gasteiger partial charge < -0.3 is 25.4 Å². The van der Waals surface area contributed by atoms with E-state index in [1.165, 1.54) is 0 Å². The van der Waals surface area contributed by atoms with Gasteiger partial charge in [-0.1, -0.05) is 35.9 Å². The van der Waals surface area contributed by atoms with Crippen LogP contribution >= 0.6 is 22.6 Å². The highest BCUT2D eigenvalue weighted by atomic mass is 127. The summed E-state index contributed by atoms with van der Waals surface area (Å²) in [6.07, 6.45) is 4.91. The number of carbonyl (C=O) groups excluding carboxylic acids is 1. The summed E-state index contributed by atoms with van der Waals surface area (Å²) in [6.45, 7) is 9.89. The van der Waals surface area contributed by atoms with Gasteiger partial charge in [-0.15, -0.1) is 0 Å². The first kappa shape index (κ1) is 23.9. The summed E-state index contributed by atoms with van der Waals surface area (Å²) in [7, 11) is 0. The van der Waals surface area contributed by atoms with Gasteiger partial charge >= 0.3 is 6.09 Å². The number of hydrogen-bond acceptors (Lipinski definition) is 5. The molecule has 1 amide bonds. The average molecular weight is 517 g/mol. The molecule has 29 heavy (non-hydrogen) atoms. The van der Waals surface area contributed by atoms with Gasteiger partial charge in [-0.05, 0) is 58.6 Å². The zero-order valence-electron chi connectivity index (χ0n) is 18.2. The van der Waals surface area contributed by atoms with E-state index < -0.39 is 5.60 Å². The number of carbonyl (C=O) groups is 1. The van der Waals surface area contributed by atoms with Crippen LogP contribution in [-0.2, 0) is 9.16 Å². The molecule has 3 N–H and O–H groups in total. The van der Waals surface area contributed by atoms with E-state index in [1.54, 1.807) is 0 Å². The molecule has 1 heterocycles. The van der Waals surface area contributed by atoms with Gasteiger partial charge in [0.1, 0.15) is 11.4 Å². The third-order valence-corrected chi connectivity index (χ3v) is 5.63. The lowest BCUT2D eigenvalue weighted by atomic mass is 10.1. The molecule has 0 spiro atoms. The van der Waals surface area contributed by atoms with Crippen molar-refractivity contribution in [1.29, 1.82) is 0 Å². The number of likely N-dealkylation sites (tertiary alicyclic amines) is 1. The Labute approximate surface area is 189 Å². The maximum Gasteiger partial charge on any atom is 0.410 e. The summed E-state index contributed by atoms with van der Waals surface area (Å²) in [5.41, 5.74) is 8.58. The molecule has 1 saturated heterocycles. The summed E-state index contributed by atoms with van der Waals surface area (Å²) in [5.74, 6) is 0.891. The van der Waals surface area contributed by atoms with Crippen molar-refractivity contribution >= 4 is 40.1 Å². The minimum absolute atomic E-state index is 0.125. The fraction of sp³-hybridized carbons (Fsp3) is 0.682. The van der Waals surface area contributed by atoms with Crippen molar-refractivity contribution in [3.63, 3.8) is 0 Å². The summed E-state index contributed by atoms with van der Waals surface area (Å²) in [5, 5.41) is 3.63. The molecular weight excluding hydrogens is 481 g/mol. The van der Waals surface area contributed by atoms with Crippen molar-refractivity contribution in [2.45, 2.75) is 75.9 Å². The van der Waals surface area contributed by atoms with Crippen molar-refractivity contribution in [1.82, 2.24) is 4.90 Å². The Hall–Kier alpha value is -1.38. The number of anilines is 2. The van der Waals surface area contributed by atoms with E-state index in [0.29, 0.717) is 18.8 Å². The molecule has 164 valence electrons. The number of rotatable bonds is 7. The number of alkyl halides is 1. The number of amides is 1.